The molecule has 0 aromatic heterocycles. The Morgan fingerprint density at radius 2 is 1.76 bits per heavy atom. The monoisotopic (exact) mass is 316 g/mol. The van der Waals surface area contributed by atoms with Gasteiger partial charge in [0.2, 0.25) is 10.0 Å². The Hall–Kier alpha value is -1.47. The molecule has 0 unspecified atom stereocenters. The lowest BCUT2D eigenvalue weighted by atomic mass is 9.89. The lowest BCUT2D eigenvalue weighted by molar-refractivity contribution is 0.0884. The molecule has 0 saturated heterocycles. The lowest BCUT2D eigenvalue weighted by Crippen LogP contribution is -2.47. The van der Waals surface area contributed by atoms with Crippen LogP contribution < -0.4 is 10.5 Å². The molecule has 0 radical (unpaired) electrons. The summed E-state index contributed by atoms with van der Waals surface area (Å²) in [5.41, 5.74) is -0.748. The minimum Gasteiger partial charge on any atom is -0.347 e. The number of amides is 1. The van der Waals surface area contributed by atoms with Crippen molar-refractivity contribution >= 4 is 15.9 Å². The van der Waals surface area contributed by atoms with Crippen LogP contribution >= 0.6 is 0 Å². The summed E-state index contributed by atoms with van der Waals surface area (Å²) < 4.78 is 36.4. The number of nitrogens with one attached hydrogen (secondary N) is 1. The van der Waals surface area contributed by atoms with E-state index >= 15 is 0 Å². The fourth-order valence-electron chi connectivity index (χ4n) is 2.18. The van der Waals surface area contributed by atoms with Crippen molar-refractivity contribution in [3.8, 4) is 0 Å². The minimum absolute atomic E-state index is 0.288. The zero-order valence-corrected chi connectivity index (χ0v) is 13.3. The maximum atomic E-state index is 13.8. The minimum atomic E-state index is -3.98. The molecule has 0 aliphatic carbocycles. The molecule has 21 heavy (non-hydrogen) atoms. The fraction of sp³-hybridized carbons (Fsp3) is 0.500. The van der Waals surface area contributed by atoms with Crippen molar-refractivity contribution in [2.24, 2.45) is 5.14 Å². The van der Waals surface area contributed by atoms with Crippen LogP contribution in [0.3, 0.4) is 0 Å². The number of sulfonamides is 1. The van der Waals surface area contributed by atoms with Gasteiger partial charge in [0.1, 0.15) is 5.82 Å². The van der Waals surface area contributed by atoms with Gasteiger partial charge in [-0.1, -0.05) is 20.8 Å². The summed E-state index contributed by atoms with van der Waals surface area (Å²) in [6.07, 6.45) is 2.09. The van der Waals surface area contributed by atoms with Crippen LogP contribution in [-0.2, 0) is 10.0 Å². The number of carbonyl (C=O) groups excluding carboxylic acids is 1. The molecule has 0 heterocycles. The predicted molar refractivity (Wildman–Crippen MR) is 78.8 cm³/mol. The van der Waals surface area contributed by atoms with E-state index in [1.54, 1.807) is 0 Å². The number of hydrogen-bond acceptors (Lipinski definition) is 3. The first kappa shape index (κ1) is 17.6. The molecule has 3 N–H and O–H groups in total. The normalized spacial score (nSPS) is 12.2. The van der Waals surface area contributed by atoms with Gasteiger partial charge in [0.05, 0.1) is 10.5 Å². The first-order valence-electron chi connectivity index (χ1n) is 6.84. The van der Waals surface area contributed by atoms with Crippen LogP contribution in [0.2, 0.25) is 0 Å². The van der Waals surface area contributed by atoms with Crippen molar-refractivity contribution < 1.29 is 17.6 Å². The number of rotatable bonds is 6. The van der Waals surface area contributed by atoms with Crippen LogP contribution in [0.1, 0.15) is 50.4 Å². The van der Waals surface area contributed by atoms with Gasteiger partial charge in [0.15, 0.2) is 0 Å². The summed E-state index contributed by atoms with van der Waals surface area (Å²) >= 11 is 0. The van der Waals surface area contributed by atoms with Gasteiger partial charge in [-0.2, -0.15) is 0 Å². The van der Waals surface area contributed by atoms with Crippen molar-refractivity contribution in [2.75, 3.05) is 0 Å². The second kappa shape index (κ2) is 6.53. The van der Waals surface area contributed by atoms with Crippen molar-refractivity contribution in [3.63, 3.8) is 0 Å². The van der Waals surface area contributed by atoms with E-state index < -0.39 is 27.3 Å². The molecule has 0 saturated carbocycles. The molecule has 7 heteroatoms. The Morgan fingerprint density at radius 3 is 2.19 bits per heavy atom. The maximum Gasteiger partial charge on any atom is 0.254 e. The van der Waals surface area contributed by atoms with Gasteiger partial charge in [-0.25, -0.2) is 17.9 Å². The smallest absolute Gasteiger partial charge is 0.254 e. The molecule has 0 aliphatic heterocycles. The third kappa shape index (κ3) is 4.01. The van der Waals surface area contributed by atoms with Crippen LogP contribution in [-0.4, -0.2) is 19.9 Å². The van der Waals surface area contributed by atoms with E-state index in [4.69, 9.17) is 5.14 Å². The highest BCUT2D eigenvalue weighted by molar-refractivity contribution is 7.89. The molecule has 118 valence electrons. The van der Waals surface area contributed by atoms with Crippen molar-refractivity contribution in [2.45, 2.75) is 50.5 Å². The Balaban J connectivity index is 3.19. The van der Waals surface area contributed by atoms with Crippen LogP contribution in [0.4, 0.5) is 4.39 Å². The summed E-state index contributed by atoms with van der Waals surface area (Å²) in [5.74, 6) is -1.42. The van der Waals surface area contributed by atoms with E-state index in [2.05, 4.69) is 5.32 Å². The van der Waals surface area contributed by atoms with E-state index in [0.29, 0.717) is 19.3 Å². The molecule has 0 fully saturated rings. The Bertz CT molecular complexity index is 617. The van der Waals surface area contributed by atoms with Crippen LogP contribution in [0, 0.1) is 5.82 Å². The first-order valence-corrected chi connectivity index (χ1v) is 8.38. The van der Waals surface area contributed by atoms with E-state index in [9.17, 15) is 17.6 Å². The van der Waals surface area contributed by atoms with Crippen molar-refractivity contribution in [3.05, 3.63) is 29.6 Å². The van der Waals surface area contributed by atoms with Gasteiger partial charge in [0, 0.05) is 5.54 Å². The topological polar surface area (TPSA) is 89.3 Å². The maximum absolute atomic E-state index is 13.8. The SMILES string of the molecule is CCC(CC)(CC)NC(=O)c1cc(S(N)(=O)=O)ccc1F. The lowest BCUT2D eigenvalue weighted by Gasteiger charge is -2.31. The quantitative estimate of drug-likeness (QED) is 0.843. The Kier molecular flexibility index (Phi) is 5.47. The molecule has 5 nitrogen and oxygen atoms in total. The van der Waals surface area contributed by atoms with E-state index in [-0.39, 0.29) is 10.5 Å². The van der Waals surface area contributed by atoms with Crippen LogP contribution in [0.25, 0.3) is 0 Å². The van der Waals surface area contributed by atoms with E-state index in [0.717, 1.165) is 18.2 Å². The second-order valence-corrected chi connectivity index (χ2v) is 6.54. The van der Waals surface area contributed by atoms with Crippen molar-refractivity contribution in [1.82, 2.24) is 5.32 Å². The molecular formula is C14H21FN2O3S. The molecule has 1 aromatic carbocycles. The standard InChI is InChI=1S/C14H21FN2O3S/c1-4-14(5-2,6-3)17-13(18)11-9-10(21(16,19)20)7-8-12(11)15/h7-9H,4-6H2,1-3H3,(H,17,18)(H2,16,19,20). The molecule has 1 aromatic rings. The summed E-state index contributed by atoms with van der Waals surface area (Å²) in [4.78, 5) is 12.0. The number of halogens is 1. The second-order valence-electron chi connectivity index (χ2n) is 4.98. The summed E-state index contributed by atoms with van der Waals surface area (Å²) in [5, 5.41) is 7.80. The average Bonchev–Trinajstić information content (AvgIpc) is 2.44. The Labute approximate surface area is 124 Å². The number of primary sulfonamides is 1. The molecule has 0 atom stereocenters. The molecule has 0 spiro atoms. The van der Waals surface area contributed by atoms with Gasteiger partial charge in [-0.3, -0.25) is 4.79 Å². The largest absolute Gasteiger partial charge is 0.347 e. The summed E-state index contributed by atoms with van der Waals surface area (Å²) in [6, 6.07) is 2.93. The number of carbonyl (C=O) groups is 1. The number of hydrogen-bond donors (Lipinski definition) is 2. The van der Waals surface area contributed by atoms with Gasteiger partial charge in [0.25, 0.3) is 5.91 Å². The van der Waals surface area contributed by atoms with E-state index in [1.165, 1.54) is 0 Å². The molecule has 0 bridgehead atoms. The Morgan fingerprint density at radius 1 is 1.24 bits per heavy atom. The highest BCUT2D eigenvalue weighted by Gasteiger charge is 2.28. The van der Waals surface area contributed by atoms with Crippen LogP contribution in [0.15, 0.2) is 23.1 Å². The summed E-state index contributed by atoms with van der Waals surface area (Å²) in [6.45, 7) is 5.80. The molecule has 1 amide bonds. The fourth-order valence-corrected chi connectivity index (χ4v) is 2.72. The van der Waals surface area contributed by atoms with Gasteiger partial charge >= 0.3 is 0 Å². The van der Waals surface area contributed by atoms with Gasteiger partial charge in [-0.15, -0.1) is 0 Å². The third-order valence-electron chi connectivity index (χ3n) is 3.92. The van der Waals surface area contributed by atoms with Crippen molar-refractivity contribution in [1.29, 1.82) is 0 Å². The van der Waals surface area contributed by atoms with E-state index in [1.807, 2.05) is 20.8 Å². The zero-order valence-electron chi connectivity index (χ0n) is 12.4. The zero-order chi connectivity index (χ0) is 16.3. The van der Waals surface area contributed by atoms with Gasteiger partial charge in [-0.05, 0) is 37.5 Å². The van der Waals surface area contributed by atoms with Crippen LogP contribution in [0.5, 0.6) is 0 Å². The first-order chi connectivity index (χ1) is 9.69. The molecule has 1 rings (SSSR count). The third-order valence-corrected chi connectivity index (χ3v) is 4.83. The predicted octanol–water partition coefficient (Wildman–Crippen LogP) is 2.17. The summed E-state index contributed by atoms with van der Waals surface area (Å²) in [7, 11) is -3.98. The highest BCUT2D eigenvalue weighted by atomic mass is 32.2. The average molecular weight is 316 g/mol. The molecular weight excluding hydrogens is 295 g/mol. The van der Waals surface area contributed by atoms with Gasteiger partial charge < -0.3 is 5.32 Å². The molecule has 0 aliphatic rings. The highest BCUT2D eigenvalue weighted by Crippen LogP contribution is 2.21. The number of nitrogens with two attached hydrogens (primary N) is 1. The number of benzene rings is 1.